The summed E-state index contributed by atoms with van der Waals surface area (Å²) in [6.07, 6.45) is 2.53. The average Bonchev–Trinajstić information content (AvgIpc) is 2.47. The Bertz CT molecular complexity index is 328. The summed E-state index contributed by atoms with van der Waals surface area (Å²) in [6.45, 7) is 6.76. The number of nitrogens with one attached hydrogen (secondary N) is 1. The Hall–Kier alpha value is -0.820. The summed E-state index contributed by atoms with van der Waals surface area (Å²) in [6, 6.07) is 9.25. The summed E-state index contributed by atoms with van der Waals surface area (Å²) in [7, 11) is 0. The van der Waals surface area contributed by atoms with E-state index in [1.54, 1.807) is 0 Å². The Kier molecular flexibility index (Phi) is 2.36. The van der Waals surface area contributed by atoms with Gasteiger partial charge in [0.2, 0.25) is 0 Å². The van der Waals surface area contributed by atoms with Crippen molar-refractivity contribution in [3.8, 4) is 0 Å². The lowest BCUT2D eigenvalue weighted by Gasteiger charge is -2.21. The number of aryl methyl sites for hydroxylation is 1. The van der Waals surface area contributed by atoms with E-state index in [9.17, 15) is 0 Å². The van der Waals surface area contributed by atoms with E-state index in [0.717, 1.165) is 0 Å². The molecule has 1 heterocycles. The molecule has 1 N–H and O–H groups in total. The minimum absolute atomic E-state index is 0.312. The molecule has 0 aliphatic carbocycles. The number of hydrogen-bond acceptors (Lipinski definition) is 1. The quantitative estimate of drug-likeness (QED) is 0.715. The number of rotatable bonds is 1. The molecule has 1 aliphatic rings. The molecule has 1 atom stereocenters. The molecule has 76 valence electrons. The van der Waals surface area contributed by atoms with Gasteiger partial charge in [0.25, 0.3) is 0 Å². The summed E-state index contributed by atoms with van der Waals surface area (Å²) in [5, 5.41) is 3.69. The molecule has 1 heteroatoms. The first-order valence-corrected chi connectivity index (χ1v) is 5.42. The highest BCUT2D eigenvalue weighted by Crippen LogP contribution is 2.33. The van der Waals surface area contributed by atoms with Gasteiger partial charge in [-0.25, -0.2) is 0 Å². The van der Waals surface area contributed by atoms with Crippen LogP contribution in [0, 0.1) is 6.92 Å². The zero-order valence-corrected chi connectivity index (χ0v) is 9.30. The molecule has 0 spiro atoms. The van der Waals surface area contributed by atoms with E-state index in [4.69, 9.17) is 0 Å². The van der Waals surface area contributed by atoms with E-state index in [-0.39, 0.29) is 0 Å². The average molecular weight is 189 g/mol. The second-order valence-electron chi connectivity index (χ2n) is 4.98. The van der Waals surface area contributed by atoms with Gasteiger partial charge in [0.05, 0.1) is 0 Å². The van der Waals surface area contributed by atoms with Crippen LogP contribution in [0.2, 0.25) is 0 Å². The zero-order chi connectivity index (χ0) is 10.2. The first-order chi connectivity index (χ1) is 6.58. The largest absolute Gasteiger partial charge is 0.305 e. The van der Waals surface area contributed by atoms with Gasteiger partial charge in [-0.05, 0) is 44.7 Å². The van der Waals surface area contributed by atoms with Gasteiger partial charge in [-0.1, -0.05) is 24.3 Å². The smallest absolute Gasteiger partial charge is 0.0328 e. The summed E-state index contributed by atoms with van der Waals surface area (Å²) >= 11 is 0. The molecule has 0 bridgehead atoms. The molecule has 1 aliphatic heterocycles. The third-order valence-corrected chi connectivity index (χ3v) is 3.19. The predicted molar refractivity (Wildman–Crippen MR) is 60.4 cm³/mol. The van der Waals surface area contributed by atoms with Crippen LogP contribution in [0.15, 0.2) is 24.3 Å². The minimum atomic E-state index is 0.312. The molecule has 1 unspecified atom stereocenters. The van der Waals surface area contributed by atoms with Gasteiger partial charge < -0.3 is 5.32 Å². The third kappa shape index (κ3) is 1.83. The highest BCUT2D eigenvalue weighted by atomic mass is 15.0. The molecule has 1 nitrogen and oxygen atoms in total. The molecular weight excluding hydrogens is 170 g/mol. The van der Waals surface area contributed by atoms with E-state index in [2.05, 4.69) is 50.4 Å². The predicted octanol–water partition coefficient (Wildman–Crippen LogP) is 3.20. The van der Waals surface area contributed by atoms with Crippen molar-refractivity contribution in [3.05, 3.63) is 35.4 Å². The molecule has 0 amide bonds. The molecule has 1 aromatic carbocycles. The van der Waals surface area contributed by atoms with Crippen molar-refractivity contribution in [2.45, 2.75) is 45.2 Å². The fourth-order valence-corrected chi connectivity index (χ4v) is 2.33. The summed E-state index contributed by atoms with van der Waals surface area (Å²) in [5.74, 6) is 0. The molecule has 0 aromatic heterocycles. The minimum Gasteiger partial charge on any atom is -0.305 e. The van der Waals surface area contributed by atoms with Gasteiger partial charge in [0, 0.05) is 11.6 Å². The van der Waals surface area contributed by atoms with Gasteiger partial charge in [0.1, 0.15) is 0 Å². The fraction of sp³-hybridized carbons (Fsp3) is 0.538. The van der Waals surface area contributed by atoms with Gasteiger partial charge in [-0.15, -0.1) is 0 Å². The van der Waals surface area contributed by atoms with Gasteiger partial charge in [-0.3, -0.25) is 0 Å². The first kappa shape index (κ1) is 9.72. The van der Waals surface area contributed by atoms with Crippen LogP contribution in [-0.2, 0) is 0 Å². The SMILES string of the molecule is Cc1ccccc1C1CCC(C)(C)N1. The maximum Gasteiger partial charge on any atom is 0.0328 e. The monoisotopic (exact) mass is 189 g/mol. The van der Waals surface area contributed by atoms with Crippen LogP contribution in [0.3, 0.4) is 0 Å². The topological polar surface area (TPSA) is 12.0 Å². The molecule has 1 aromatic rings. The molecule has 2 rings (SSSR count). The van der Waals surface area contributed by atoms with E-state index in [1.165, 1.54) is 24.0 Å². The second-order valence-corrected chi connectivity index (χ2v) is 4.98. The Morgan fingerprint density at radius 1 is 1.29 bits per heavy atom. The van der Waals surface area contributed by atoms with Gasteiger partial charge in [-0.2, -0.15) is 0 Å². The molecule has 0 radical (unpaired) electrons. The van der Waals surface area contributed by atoms with Crippen molar-refractivity contribution in [1.82, 2.24) is 5.32 Å². The lowest BCUT2D eigenvalue weighted by Crippen LogP contribution is -2.33. The molecular formula is C13H19N. The van der Waals surface area contributed by atoms with Crippen LogP contribution in [0.4, 0.5) is 0 Å². The lowest BCUT2D eigenvalue weighted by atomic mass is 9.99. The summed E-state index contributed by atoms with van der Waals surface area (Å²) < 4.78 is 0. The van der Waals surface area contributed by atoms with E-state index >= 15 is 0 Å². The molecule has 14 heavy (non-hydrogen) atoms. The maximum atomic E-state index is 3.69. The van der Waals surface area contributed by atoms with Crippen LogP contribution in [0.5, 0.6) is 0 Å². The molecule has 1 saturated heterocycles. The van der Waals surface area contributed by atoms with Crippen molar-refractivity contribution < 1.29 is 0 Å². The van der Waals surface area contributed by atoms with E-state index < -0.39 is 0 Å². The Balaban J connectivity index is 2.22. The number of benzene rings is 1. The number of hydrogen-bond donors (Lipinski definition) is 1. The zero-order valence-electron chi connectivity index (χ0n) is 9.30. The van der Waals surface area contributed by atoms with Crippen molar-refractivity contribution in [3.63, 3.8) is 0 Å². The highest BCUT2D eigenvalue weighted by Gasteiger charge is 2.30. The van der Waals surface area contributed by atoms with Crippen molar-refractivity contribution in [2.75, 3.05) is 0 Å². The van der Waals surface area contributed by atoms with Crippen LogP contribution >= 0.6 is 0 Å². The van der Waals surface area contributed by atoms with E-state index in [0.29, 0.717) is 11.6 Å². The summed E-state index contributed by atoms with van der Waals surface area (Å²) in [5.41, 5.74) is 3.19. The van der Waals surface area contributed by atoms with Crippen LogP contribution in [0.25, 0.3) is 0 Å². The van der Waals surface area contributed by atoms with Crippen LogP contribution in [0.1, 0.15) is 43.9 Å². The van der Waals surface area contributed by atoms with Gasteiger partial charge in [0.15, 0.2) is 0 Å². The molecule has 1 fully saturated rings. The van der Waals surface area contributed by atoms with Crippen molar-refractivity contribution in [2.24, 2.45) is 0 Å². The Labute approximate surface area is 86.5 Å². The third-order valence-electron chi connectivity index (χ3n) is 3.19. The lowest BCUT2D eigenvalue weighted by molar-refractivity contribution is 0.432. The first-order valence-electron chi connectivity index (χ1n) is 5.42. The Morgan fingerprint density at radius 3 is 2.57 bits per heavy atom. The standard InChI is InChI=1S/C13H19N/c1-10-6-4-5-7-11(10)12-8-9-13(2,3)14-12/h4-7,12,14H,8-9H2,1-3H3. The highest BCUT2D eigenvalue weighted by molar-refractivity contribution is 5.29. The van der Waals surface area contributed by atoms with Crippen molar-refractivity contribution in [1.29, 1.82) is 0 Å². The molecule has 0 saturated carbocycles. The second kappa shape index (κ2) is 3.39. The van der Waals surface area contributed by atoms with Gasteiger partial charge >= 0.3 is 0 Å². The van der Waals surface area contributed by atoms with Crippen LogP contribution in [-0.4, -0.2) is 5.54 Å². The van der Waals surface area contributed by atoms with Crippen molar-refractivity contribution >= 4 is 0 Å². The summed E-state index contributed by atoms with van der Waals surface area (Å²) in [4.78, 5) is 0. The normalized spacial score (nSPS) is 25.2. The fourth-order valence-electron chi connectivity index (χ4n) is 2.33. The Morgan fingerprint density at radius 2 is 2.00 bits per heavy atom. The van der Waals surface area contributed by atoms with E-state index in [1.807, 2.05) is 0 Å². The maximum absolute atomic E-state index is 3.69. The van der Waals surface area contributed by atoms with Crippen LogP contribution < -0.4 is 5.32 Å².